The predicted molar refractivity (Wildman–Crippen MR) is 126 cm³/mol. The minimum atomic E-state index is 0. The molecule has 3 rings (SSSR count). The van der Waals surface area contributed by atoms with Crippen LogP contribution in [0.3, 0.4) is 0 Å². The molecular formula is C21H31IN6. The quantitative estimate of drug-likeness (QED) is 0.269. The molecule has 1 saturated heterocycles. The molecule has 2 aromatic rings. The van der Waals surface area contributed by atoms with E-state index < -0.39 is 0 Å². The van der Waals surface area contributed by atoms with E-state index in [2.05, 4.69) is 60.9 Å². The highest BCUT2D eigenvalue weighted by Gasteiger charge is 2.19. The maximum Gasteiger partial charge on any atom is 0.191 e. The van der Waals surface area contributed by atoms with Crippen LogP contribution < -0.4 is 10.6 Å². The summed E-state index contributed by atoms with van der Waals surface area (Å²) < 4.78 is 2.17. The summed E-state index contributed by atoms with van der Waals surface area (Å²) in [4.78, 5) is 11.3. The first kappa shape index (κ1) is 22.4. The standard InChI is InChI=1S/C21H30N6.HI/c1-3-12-26-13-9-19(10-14-26)25-21(22-2)24-16-20-23-11-15-27(20)17-18-7-5-4-6-8-18;/h3-8,11,15,19H,1,9-10,12-14,16-17H2,2H3,(H2,22,24,25);1H. The predicted octanol–water partition coefficient (Wildman–Crippen LogP) is 2.86. The van der Waals surface area contributed by atoms with Gasteiger partial charge in [-0.3, -0.25) is 9.89 Å². The fourth-order valence-electron chi connectivity index (χ4n) is 3.42. The number of aliphatic imine (C=N–C) groups is 1. The van der Waals surface area contributed by atoms with Gasteiger partial charge >= 0.3 is 0 Å². The number of rotatable bonds is 7. The third-order valence-corrected chi connectivity index (χ3v) is 4.95. The van der Waals surface area contributed by atoms with Gasteiger partial charge in [0.15, 0.2) is 5.96 Å². The molecule has 0 spiro atoms. The summed E-state index contributed by atoms with van der Waals surface area (Å²) in [5, 5.41) is 6.96. The summed E-state index contributed by atoms with van der Waals surface area (Å²) >= 11 is 0. The Morgan fingerprint density at radius 1 is 1.29 bits per heavy atom. The smallest absolute Gasteiger partial charge is 0.191 e. The number of hydrogen-bond acceptors (Lipinski definition) is 3. The fourth-order valence-corrected chi connectivity index (χ4v) is 3.42. The van der Waals surface area contributed by atoms with Crippen LogP contribution in [-0.4, -0.2) is 53.1 Å². The van der Waals surface area contributed by atoms with Crippen LogP contribution in [0.4, 0.5) is 0 Å². The molecule has 1 aliphatic rings. The van der Waals surface area contributed by atoms with Gasteiger partial charge < -0.3 is 15.2 Å². The molecule has 0 aliphatic carbocycles. The minimum Gasteiger partial charge on any atom is -0.354 e. The Bertz CT molecular complexity index is 734. The zero-order chi connectivity index (χ0) is 18.9. The molecular weight excluding hydrogens is 463 g/mol. The van der Waals surface area contributed by atoms with Crippen LogP contribution >= 0.6 is 24.0 Å². The highest BCUT2D eigenvalue weighted by molar-refractivity contribution is 14.0. The number of imidazole rings is 1. The Morgan fingerprint density at radius 2 is 2.04 bits per heavy atom. The molecule has 1 aromatic carbocycles. The lowest BCUT2D eigenvalue weighted by atomic mass is 10.1. The number of aromatic nitrogens is 2. The average molecular weight is 494 g/mol. The molecule has 0 unspecified atom stereocenters. The van der Waals surface area contributed by atoms with Crippen molar-refractivity contribution in [3.8, 4) is 0 Å². The van der Waals surface area contributed by atoms with E-state index in [1.54, 1.807) is 0 Å². The van der Waals surface area contributed by atoms with Gasteiger partial charge in [-0.25, -0.2) is 4.98 Å². The van der Waals surface area contributed by atoms with Crippen molar-refractivity contribution < 1.29 is 0 Å². The zero-order valence-electron chi connectivity index (χ0n) is 16.6. The highest BCUT2D eigenvalue weighted by Crippen LogP contribution is 2.10. The number of guanidine groups is 1. The summed E-state index contributed by atoms with van der Waals surface area (Å²) in [6, 6.07) is 10.9. The summed E-state index contributed by atoms with van der Waals surface area (Å²) in [5.41, 5.74) is 1.27. The first-order chi connectivity index (χ1) is 13.3. The van der Waals surface area contributed by atoms with Gasteiger partial charge in [0.2, 0.25) is 0 Å². The number of likely N-dealkylation sites (tertiary alicyclic amines) is 1. The van der Waals surface area contributed by atoms with Crippen LogP contribution in [0.25, 0.3) is 0 Å². The maximum absolute atomic E-state index is 4.50. The van der Waals surface area contributed by atoms with Crippen molar-refractivity contribution in [3.05, 3.63) is 66.8 Å². The summed E-state index contributed by atoms with van der Waals surface area (Å²) in [6.07, 6.45) is 8.10. The zero-order valence-corrected chi connectivity index (χ0v) is 18.9. The van der Waals surface area contributed by atoms with Crippen LogP contribution in [0.5, 0.6) is 0 Å². The summed E-state index contributed by atoms with van der Waals surface area (Å²) in [6.45, 7) is 8.47. The molecule has 152 valence electrons. The van der Waals surface area contributed by atoms with Crippen molar-refractivity contribution >= 4 is 29.9 Å². The van der Waals surface area contributed by atoms with Gasteiger partial charge in [0, 0.05) is 51.7 Å². The van der Waals surface area contributed by atoms with Gasteiger partial charge in [-0.05, 0) is 18.4 Å². The lowest BCUT2D eigenvalue weighted by Crippen LogP contribution is -2.48. The van der Waals surface area contributed by atoms with Gasteiger partial charge in [-0.2, -0.15) is 0 Å². The van der Waals surface area contributed by atoms with E-state index in [-0.39, 0.29) is 24.0 Å². The van der Waals surface area contributed by atoms with E-state index in [4.69, 9.17) is 0 Å². The number of hydrogen-bond donors (Lipinski definition) is 2. The van der Waals surface area contributed by atoms with Crippen LogP contribution in [0, 0.1) is 0 Å². The Hall–Kier alpha value is -1.87. The molecule has 28 heavy (non-hydrogen) atoms. The number of halogens is 1. The SMILES string of the molecule is C=CCN1CCC(NC(=NC)NCc2nccn2Cc2ccccc2)CC1.I. The topological polar surface area (TPSA) is 57.5 Å². The first-order valence-corrected chi connectivity index (χ1v) is 9.63. The van der Waals surface area contributed by atoms with Crippen LogP contribution in [0.2, 0.25) is 0 Å². The van der Waals surface area contributed by atoms with Gasteiger partial charge in [0.25, 0.3) is 0 Å². The molecule has 0 amide bonds. The number of nitrogens with zero attached hydrogens (tertiary/aromatic N) is 4. The average Bonchev–Trinajstić information content (AvgIpc) is 3.14. The number of benzene rings is 1. The largest absolute Gasteiger partial charge is 0.354 e. The number of piperidine rings is 1. The van der Waals surface area contributed by atoms with Gasteiger partial charge in [0.1, 0.15) is 5.82 Å². The van der Waals surface area contributed by atoms with E-state index in [9.17, 15) is 0 Å². The third kappa shape index (κ3) is 6.63. The Labute approximate surface area is 185 Å². The summed E-state index contributed by atoms with van der Waals surface area (Å²) in [5.74, 6) is 1.84. The van der Waals surface area contributed by atoms with Crippen molar-refractivity contribution in [2.24, 2.45) is 4.99 Å². The Morgan fingerprint density at radius 3 is 2.71 bits per heavy atom. The molecule has 0 bridgehead atoms. The van der Waals surface area contributed by atoms with E-state index in [1.807, 2.05) is 31.6 Å². The van der Waals surface area contributed by atoms with E-state index >= 15 is 0 Å². The molecule has 7 heteroatoms. The highest BCUT2D eigenvalue weighted by atomic mass is 127. The molecule has 2 heterocycles. The van der Waals surface area contributed by atoms with Crippen LogP contribution in [-0.2, 0) is 13.1 Å². The Kier molecular flexibility index (Phi) is 9.49. The second kappa shape index (κ2) is 11.9. The van der Waals surface area contributed by atoms with E-state index in [0.29, 0.717) is 12.6 Å². The number of nitrogens with one attached hydrogen (secondary N) is 2. The molecule has 1 aromatic heterocycles. The van der Waals surface area contributed by atoms with E-state index in [0.717, 1.165) is 50.8 Å². The second-order valence-electron chi connectivity index (χ2n) is 6.89. The first-order valence-electron chi connectivity index (χ1n) is 9.63. The minimum absolute atomic E-state index is 0. The normalized spacial score (nSPS) is 15.7. The lowest BCUT2D eigenvalue weighted by Gasteiger charge is -2.32. The molecule has 0 atom stereocenters. The van der Waals surface area contributed by atoms with Crippen LogP contribution in [0.15, 0.2) is 60.4 Å². The van der Waals surface area contributed by atoms with Crippen molar-refractivity contribution in [1.82, 2.24) is 25.1 Å². The van der Waals surface area contributed by atoms with Gasteiger partial charge in [-0.15, -0.1) is 30.6 Å². The van der Waals surface area contributed by atoms with Crippen molar-refractivity contribution in [2.75, 3.05) is 26.7 Å². The van der Waals surface area contributed by atoms with Crippen molar-refractivity contribution in [3.63, 3.8) is 0 Å². The van der Waals surface area contributed by atoms with Gasteiger partial charge in [0.05, 0.1) is 6.54 Å². The fraction of sp³-hybridized carbons (Fsp3) is 0.429. The van der Waals surface area contributed by atoms with E-state index in [1.165, 1.54) is 5.56 Å². The third-order valence-electron chi connectivity index (χ3n) is 4.95. The molecule has 0 saturated carbocycles. The van der Waals surface area contributed by atoms with Gasteiger partial charge in [-0.1, -0.05) is 36.4 Å². The monoisotopic (exact) mass is 494 g/mol. The van der Waals surface area contributed by atoms with Crippen LogP contribution in [0.1, 0.15) is 24.2 Å². The maximum atomic E-state index is 4.50. The lowest BCUT2D eigenvalue weighted by molar-refractivity contribution is 0.225. The molecule has 0 radical (unpaired) electrons. The summed E-state index contributed by atoms with van der Waals surface area (Å²) in [7, 11) is 1.82. The Balaban J connectivity index is 0.00000280. The molecule has 6 nitrogen and oxygen atoms in total. The molecule has 1 fully saturated rings. The second-order valence-corrected chi connectivity index (χ2v) is 6.89. The van der Waals surface area contributed by atoms with Crippen molar-refractivity contribution in [2.45, 2.75) is 32.0 Å². The molecule has 2 N–H and O–H groups in total. The van der Waals surface area contributed by atoms with Crippen molar-refractivity contribution in [1.29, 1.82) is 0 Å². The molecule has 1 aliphatic heterocycles.